The fourth-order valence-corrected chi connectivity index (χ4v) is 1.87. The van der Waals surface area contributed by atoms with Crippen molar-refractivity contribution in [3.8, 4) is 0 Å². The highest BCUT2D eigenvalue weighted by Crippen LogP contribution is 2.16. The Morgan fingerprint density at radius 3 is 2.77 bits per heavy atom. The molecular formula is C10H18N2S. The van der Waals surface area contributed by atoms with Gasteiger partial charge in [-0.3, -0.25) is 5.32 Å². The van der Waals surface area contributed by atoms with Crippen molar-refractivity contribution in [2.75, 3.05) is 6.26 Å². The second-order valence-electron chi connectivity index (χ2n) is 3.57. The van der Waals surface area contributed by atoms with Gasteiger partial charge in [0.2, 0.25) is 0 Å². The molecule has 1 unspecified atom stereocenters. The van der Waals surface area contributed by atoms with E-state index in [1.54, 1.807) is 11.8 Å². The molecule has 1 aliphatic rings. The summed E-state index contributed by atoms with van der Waals surface area (Å²) in [6.45, 7) is 6.44. The Morgan fingerprint density at radius 1 is 1.54 bits per heavy atom. The Kier molecular flexibility index (Phi) is 3.88. The second kappa shape index (κ2) is 4.72. The minimum Gasteiger partial charge on any atom is -0.361 e. The van der Waals surface area contributed by atoms with Gasteiger partial charge in [-0.2, -0.15) is 0 Å². The van der Waals surface area contributed by atoms with Crippen LogP contribution < -0.4 is 10.6 Å². The van der Waals surface area contributed by atoms with Crippen molar-refractivity contribution >= 4 is 11.8 Å². The van der Waals surface area contributed by atoms with Gasteiger partial charge < -0.3 is 5.32 Å². The lowest BCUT2D eigenvalue weighted by molar-refractivity contribution is 0.484. The van der Waals surface area contributed by atoms with Gasteiger partial charge in [-0.1, -0.05) is 0 Å². The molecule has 2 nitrogen and oxygen atoms in total. The van der Waals surface area contributed by atoms with Gasteiger partial charge in [0.25, 0.3) is 0 Å². The summed E-state index contributed by atoms with van der Waals surface area (Å²) < 4.78 is 0. The van der Waals surface area contributed by atoms with Gasteiger partial charge in [-0.15, -0.1) is 11.8 Å². The lowest BCUT2D eigenvalue weighted by atomic mass is 10.2. The summed E-state index contributed by atoms with van der Waals surface area (Å²) in [5.74, 6) is 0. The molecule has 13 heavy (non-hydrogen) atoms. The smallest absolute Gasteiger partial charge is 0.0972 e. The number of dihydropyridines is 1. The van der Waals surface area contributed by atoms with E-state index in [1.807, 2.05) is 0 Å². The van der Waals surface area contributed by atoms with E-state index in [0.717, 1.165) is 0 Å². The number of thioether (sulfide) groups is 1. The van der Waals surface area contributed by atoms with E-state index in [2.05, 4.69) is 49.8 Å². The maximum absolute atomic E-state index is 3.43. The normalized spacial score (nSPS) is 22.4. The summed E-state index contributed by atoms with van der Waals surface area (Å²) in [5, 5.41) is 8.07. The lowest BCUT2D eigenvalue weighted by Gasteiger charge is -2.25. The number of hydrogen-bond donors (Lipinski definition) is 2. The number of hydrogen-bond acceptors (Lipinski definition) is 3. The van der Waals surface area contributed by atoms with Gasteiger partial charge in [0.1, 0.15) is 0 Å². The van der Waals surface area contributed by atoms with Gasteiger partial charge in [-0.05, 0) is 44.8 Å². The fraction of sp³-hybridized carbons (Fsp3) is 0.600. The van der Waals surface area contributed by atoms with Crippen LogP contribution in [0.1, 0.15) is 20.8 Å². The van der Waals surface area contributed by atoms with Gasteiger partial charge in [0, 0.05) is 6.04 Å². The van der Waals surface area contributed by atoms with Crippen LogP contribution in [0.25, 0.3) is 0 Å². The molecule has 1 heterocycles. The summed E-state index contributed by atoms with van der Waals surface area (Å²) in [6.07, 6.45) is 6.75. The Bertz CT molecular complexity index is 231. The van der Waals surface area contributed by atoms with E-state index < -0.39 is 0 Å². The maximum Gasteiger partial charge on any atom is 0.0972 e. The van der Waals surface area contributed by atoms with Crippen molar-refractivity contribution in [3.63, 3.8) is 0 Å². The highest BCUT2D eigenvalue weighted by atomic mass is 32.2. The molecule has 0 aromatic carbocycles. The minimum atomic E-state index is 0.285. The molecule has 0 saturated carbocycles. The summed E-state index contributed by atoms with van der Waals surface area (Å²) in [7, 11) is 0. The monoisotopic (exact) mass is 198 g/mol. The summed E-state index contributed by atoms with van der Waals surface area (Å²) in [6, 6.07) is 0.503. The molecule has 1 aliphatic heterocycles. The molecule has 0 saturated heterocycles. The molecular weight excluding hydrogens is 180 g/mol. The average molecular weight is 198 g/mol. The maximum atomic E-state index is 3.43. The van der Waals surface area contributed by atoms with Crippen molar-refractivity contribution in [2.45, 2.75) is 33.0 Å². The van der Waals surface area contributed by atoms with Crippen molar-refractivity contribution in [2.24, 2.45) is 0 Å². The lowest BCUT2D eigenvalue weighted by Crippen LogP contribution is -2.44. The molecule has 0 aromatic rings. The van der Waals surface area contributed by atoms with Crippen LogP contribution in [0.15, 0.2) is 22.8 Å². The molecule has 0 bridgehead atoms. The van der Waals surface area contributed by atoms with E-state index in [4.69, 9.17) is 0 Å². The molecule has 0 aliphatic carbocycles. The van der Waals surface area contributed by atoms with Gasteiger partial charge in [0.05, 0.1) is 11.2 Å². The molecule has 1 rings (SSSR count). The predicted molar refractivity (Wildman–Crippen MR) is 60.6 cm³/mol. The average Bonchev–Trinajstić information content (AvgIpc) is 2.01. The Morgan fingerprint density at radius 2 is 2.23 bits per heavy atom. The molecule has 3 heteroatoms. The van der Waals surface area contributed by atoms with Crippen LogP contribution in [-0.2, 0) is 0 Å². The topological polar surface area (TPSA) is 24.1 Å². The molecule has 74 valence electrons. The van der Waals surface area contributed by atoms with Gasteiger partial charge in [0.15, 0.2) is 0 Å². The Balaban J connectivity index is 2.58. The molecule has 2 N–H and O–H groups in total. The minimum absolute atomic E-state index is 0.285. The molecule has 0 amide bonds. The summed E-state index contributed by atoms with van der Waals surface area (Å²) in [5.41, 5.74) is 1.32. The zero-order chi connectivity index (χ0) is 9.84. The van der Waals surface area contributed by atoms with Gasteiger partial charge in [-0.25, -0.2) is 0 Å². The summed E-state index contributed by atoms with van der Waals surface area (Å²) in [4.78, 5) is 0. The van der Waals surface area contributed by atoms with Crippen molar-refractivity contribution in [1.29, 1.82) is 0 Å². The van der Waals surface area contributed by atoms with Crippen molar-refractivity contribution in [1.82, 2.24) is 10.6 Å². The third-order valence-electron chi connectivity index (χ3n) is 1.82. The van der Waals surface area contributed by atoms with E-state index in [0.29, 0.717) is 6.04 Å². The first kappa shape index (κ1) is 10.7. The fourth-order valence-electron chi connectivity index (χ4n) is 1.32. The Hall–Kier alpha value is -0.410. The van der Waals surface area contributed by atoms with Crippen LogP contribution in [0.3, 0.4) is 0 Å². The van der Waals surface area contributed by atoms with Crippen molar-refractivity contribution in [3.05, 3.63) is 22.8 Å². The van der Waals surface area contributed by atoms with E-state index in [-0.39, 0.29) is 6.17 Å². The molecule has 0 aromatic heterocycles. The van der Waals surface area contributed by atoms with E-state index in [9.17, 15) is 0 Å². The quantitative estimate of drug-likeness (QED) is 0.726. The van der Waals surface area contributed by atoms with Crippen LogP contribution in [-0.4, -0.2) is 18.5 Å². The zero-order valence-electron chi connectivity index (χ0n) is 8.72. The SMILES string of the molecule is CSC1=CC(C)=CC(NC(C)C)N1. The van der Waals surface area contributed by atoms with Crippen LogP contribution >= 0.6 is 11.8 Å². The summed E-state index contributed by atoms with van der Waals surface area (Å²) >= 11 is 1.75. The second-order valence-corrected chi connectivity index (χ2v) is 4.41. The van der Waals surface area contributed by atoms with E-state index >= 15 is 0 Å². The standard InChI is InChI=1S/C10H18N2S/c1-7(2)11-9-5-8(3)6-10(12-9)13-4/h5-7,9,11-12H,1-4H3. The third kappa shape index (κ3) is 3.44. The predicted octanol–water partition coefficient (Wildman–Crippen LogP) is 2.06. The molecule has 0 radical (unpaired) electrons. The number of rotatable bonds is 3. The molecule has 1 atom stereocenters. The highest BCUT2D eigenvalue weighted by molar-refractivity contribution is 8.02. The first-order chi connectivity index (χ1) is 6.11. The highest BCUT2D eigenvalue weighted by Gasteiger charge is 2.11. The number of nitrogens with one attached hydrogen (secondary N) is 2. The zero-order valence-corrected chi connectivity index (χ0v) is 9.53. The van der Waals surface area contributed by atoms with Gasteiger partial charge >= 0.3 is 0 Å². The first-order valence-corrected chi connectivity index (χ1v) is 5.81. The van der Waals surface area contributed by atoms with Crippen LogP contribution in [0.5, 0.6) is 0 Å². The first-order valence-electron chi connectivity index (χ1n) is 4.58. The molecule has 0 fully saturated rings. The van der Waals surface area contributed by atoms with E-state index in [1.165, 1.54) is 10.6 Å². The molecule has 0 spiro atoms. The third-order valence-corrected chi connectivity index (χ3v) is 2.49. The van der Waals surface area contributed by atoms with Crippen LogP contribution in [0.2, 0.25) is 0 Å². The largest absolute Gasteiger partial charge is 0.361 e. The van der Waals surface area contributed by atoms with Crippen LogP contribution in [0.4, 0.5) is 0 Å². The number of allylic oxidation sites excluding steroid dienone is 2. The van der Waals surface area contributed by atoms with Crippen molar-refractivity contribution < 1.29 is 0 Å². The van der Waals surface area contributed by atoms with Crippen LogP contribution in [0, 0.1) is 0 Å². The Labute approximate surface area is 84.9 Å².